The van der Waals surface area contributed by atoms with Crippen LogP contribution in [-0.2, 0) is 0 Å². The largest absolute Gasteiger partial charge is 0.402 e. The molecule has 54 valence electrons. The molecule has 1 unspecified atom stereocenters. The maximum atomic E-state index is 5.61. The highest BCUT2D eigenvalue weighted by atomic mass is 14.6. The maximum absolute atomic E-state index is 5.61. The van der Waals surface area contributed by atoms with Gasteiger partial charge in [-0.1, -0.05) is 26.3 Å². The van der Waals surface area contributed by atoms with Crippen molar-refractivity contribution in [3.63, 3.8) is 0 Å². The van der Waals surface area contributed by atoms with Crippen molar-refractivity contribution in [1.82, 2.24) is 0 Å². The van der Waals surface area contributed by atoms with Crippen LogP contribution in [-0.4, -0.2) is 0 Å². The van der Waals surface area contributed by atoms with Gasteiger partial charge in [0.1, 0.15) is 0 Å². The molecule has 0 spiro atoms. The van der Waals surface area contributed by atoms with Gasteiger partial charge in [-0.15, -0.1) is 0 Å². The molecule has 0 aliphatic rings. The number of hydrogen-bond donors (Lipinski definition) is 1. The van der Waals surface area contributed by atoms with E-state index in [2.05, 4.69) is 13.8 Å². The first-order valence-corrected chi connectivity index (χ1v) is 3.61. The molecule has 0 aliphatic heterocycles. The third kappa shape index (κ3) is 4.07. The van der Waals surface area contributed by atoms with E-state index < -0.39 is 0 Å². The molecule has 1 atom stereocenters. The molecule has 0 saturated carbocycles. The Kier molecular flexibility index (Phi) is 4.20. The van der Waals surface area contributed by atoms with Gasteiger partial charge >= 0.3 is 0 Å². The summed E-state index contributed by atoms with van der Waals surface area (Å²) in [5.74, 6) is 0.737. The predicted octanol–water partition coefficient (Wildman–Crippen LogP) is 2.29. The fraction of sp³-hybridized carbons (Fsp3) is 0.750. The summed E-state index contributed by atoms with van der Waals surface area (Å²) in [6.07, 6.45) is 4.24. The van der Waals surface area contributed by atoms with Crippen LogP contribution in [0.4, 0.5) is 0 Å². The molecule has 0 rings (SSSR count). The molecule has 1 nitrogen and oxygen atoms in total. The molecule has 9 heavy (non-hydrogen) atoms. The quantitative estimate of drug-likeness (QED) is 0.618. The van der Waals surface area contributed by atoms with E-state index >= 15 is 0 Å². The molecule has 0 aliphatic carbocycles. The standard InChI is InChI=1S/C8H17N/c1-4-7(3)6-8(9)5-2/h5,7H,4,6,9H2,1-3H3. The van der Waals surface area contributed by atoms with E-state index in [4.69, 9.17) is 5.73 Å². The molecule has 0 heterocycles. The van der Waals surface area contributed by atoms with Gasteiger partial charge in [0.15, 0.2) is 0 Å². The minimum absolute atomic E-state index is 0.737. The molecule has 0 radical (unpaired) electrons. The number of hydrogen-bond acceptors (Lipinski definition) is 1. The second-order valence-corrected chi connectivity index (χ2v) is 2.58. The molecule has 0 bridgehead atoms. The summed E-state index contributed by atoms with van der Waals surface area (Å²) in [4.78, 5) is 0. The lowest BCUT2D eigenvalue weighted by atomic mass is 10.0. The highest BCUT2D eigenvalue weighted by molar-refractivity contribution is 4.94. The molecule has 0 aromatic carbocycles. The van der Waals surface area contributed by atoms with E-state index in [1.165, 1.54) is 6.42 Å². The zero-order chi connectivity index (χ0) is 7.28. The topological polar surface area (TPSA) is 26.0 Å². The zero-order valence-electron chi connectivity index (χ0n) is 6.65. The van der Waals surface area contributed by atoms with E-state index in [1.807, 2.05) is 13.0 Å². The highest BCUT2D eigenvalue weighted by Crippen LogP contribution is 2.09. The van der Waals surface area contributed by atoms with Gasteiger partial charge in [-0.3, -0.25) is 0 Å². The first kappa shape index (κ1) is 8.54. The number of nitrogens with two attached hydrogens (primary N) is 1. The Morgan fingerprint density at radius 3 is 2.56 bits per heavy atom. The Bertz CT molecular complexity index is 94.7. The first-order chi connectivity index (χ1) is 4.20. The molecule has 0 aromatic heterocycles. The summed E-state index contributed by atoms with van der Waals surface area (Å²) in [6.45, 7) is 6.39. The average molecular weight is 127 g/mol. The van der Waals surface area contributed by atoms with Crippen LogP contribution in [0.25, 0.3) is 0 Å². The van der Waals surface area contributed by atoms with Gasteiger partial charge in [-0.25, -0.2) is 0 Å². The highest BCUT2D eigenvalue weighted by Gasteiger charge is 1.97. The molecule has 2 N–H and O–H groups in total. The van der Waals surface area contributed by atoms with E-state index in [0.717, 1.165) is 18.0 Å². The summed E-state index contributed by atoms with van der Waals surface area (Å²) in [5.41, 5.74) is 6.63. The van der Waals surface area contributed by atoms with Gasteiger partial charge in [-0.2, -0.15) is 0 Å². The van der Waals surface area contributed by atoms with Gasteiger partial charge < -0.3 is 5.73 Å². The van der Waals surface area contributed by atoms with Crippen LogP contribution in [0.15, 0.2) is 11.8 Å². The summed E-state index contributed by atoms with van der Waals surface area (Å²) in [7, 11) is 0. The number of rotatable bonds is 3. The SMILES string of the molecule is CC=C(N)CC(C)CC. The van der Waals surface area contributed by atoms with Gasteiger partial charge in [0.25, 0.3) is 0 Å². The van der Waals surface area contributed by atoms with Gasteiger partial charge in [0.2, 0.25) is 0 Å². The predicted molar refractivity (Wildman–Crippen MR) is 42.0 cm³/mol. The van der Waals surface area contributed by atoms with Crippen LogP contribution in [0.3, 0.4) is 0 Å². The maximum Gasteiger partial charge on any atom is 0.00398 e. The molecule has 0 fully saturated rings. The Balaban J connectivity index is 3.47. The molecule has 0 saturated heterocycles. The van der Waals surface area contributed by atoms with E-state index in [1.54, 1.807) is 0 Å². The Labute approximate surface area is 57.9 Å². The summed E-state index contributed by atoms with van der Waals surface area (Å²) in [6, 6.07) is 0. The van der Waals surface area contributed by atoms with Crippen molar-refractivity contribution in [3.05, 3.63) is 11.8 Å². The average Bonchev–Trinajstić information content (AvgIpc) is 1.87. The lowest BCUT2D eigenvalue weighted by Crippen LogP contribution is -2.02. The molecule has 0 aromatic rings. The van der Waals surface area contributed by atoms with Crippen molar-refractivity contribution in [2.75, 3.05) is 0 Å². The molecular weight excluding hydrogens is 110 g/mol. The van der Waals surface area contributed by atoms with Crippen LogP contribution >= 0.6 is 0 Å². The van der Waals surface area contributed by atoms with Crippen molar-refractivity contribution in [2.24, 2.45) is 11.7 Å². The fourth-order valence-electron chi connectivity index (χ4n) is 0.665. The van der Waals surface area contributed by atoms with Crippen LogP contribution in [0.1, 0.15) is 33.6 Å². The fourth-order valence-corrected chi connectivity index (χ4v) is 0.665. The van der Waals surface area contributed by atoms with Crippen LogP contribution in [0.5, 0.6) is 0 Å². The normalized spacial score (nSPS) is 15.7. The van der Waals surface area contributed by atoms with Crippen LogP contribution in [0, 0.1) is 5.92 Å². The Morgan fingerprint density at radius 1 is 1.67 bits per heavy atom. The van der Waals surface area contributed by atoms with E-state index in [9.17, 15) is 0 Å². The lowest BCUT2D eigenvalue weighted by Gasteiger charge is -2.06. The van der Waals surface area contributed by atoms with Crippen molar-refractivity contribution in [1.29, 1.82) is 0 Å². The second-order valence-electron chi connectivity index (χ2n) is 2.58. The summed E-state index contributed by atoms with van der Waals surface area (Å²) >= 11 is 0. The van der Waals surface area contributed by atoms with Gasteiger partial charge in [-0.05, 0) is 19.3 Å². The summed E-state index contributed by atoms with van der Waals surface area (Å²) < 4.78 is 0. The van der Waals surface area contributed by atoms with Gasteiger partial charge in [0.05, 0.1) is 0 Å². The minimum atomic E-state index is 0.737. The van der Waals surface area contributed by atoms with E-state index in [-0.39, 0.29) is 0 Å². The lowest BCUT2D eigenvalue weighted by molar-refractivity contribution is 0.554. The molecule has 1 heteroatoms. The van der Waals surface area contributed by atoms with Crippen LogP contribution < -0.4 is 5.73 Å². The Hall–Kier alpha value is -0.460. The minimum Gasteiger partial charge on any atom is -0.402 e. The number of allylic oxidation sites excluding steroid dienone is 2. The summed E-state index contributed by atoms with van der Waals surface area (Å²) in [5, 5.41) is 0. The smallest absolute Gasteiger partial charge is 0.00398 e. The van der Waals surface area contributed by atoms with Crippen molar-refractivity contribution in [3.8, 4) is 0 Å². The van der Waals surface area contributed by atoms with E-state index in [0.29, 0.717) is 0 Å². The molecule has 0 amide bonds. The monoisotopic (exact) mass is 127 g/mol. The van der Waals surface area contributed by atoms with Crippen molar-refractivity contribution in [2.45, 2.75) is 33.6 Å². The third-order valence-electron chi connectivity index (χ3n) is 1.65. The Morgan fingerprint density at radius 2 is 2.22 bits per heavy atom. The van der Waals surface area contributed by atoms with Crippen molar-refractivity contribution < 1.29 is 0 Å². The van der Waals surface area contributed by atoms with Crippen LogP contribution in [0.2, 0.25) is 0 Å². The second kappa shape index (κ2) is 4.42. The van der Waals surface area contributed by atoms with Gasteiger partial charge in [0, 0.05) is 5.70 Å². The molecular formula is C8H17N. The van der Waals surface area contributed by atoms with Crippen molar-refractivity contribution >= 4 is 0 Å². The first-order valence-electron chi connectivity index (χ1n) is 3.61. The third-order valence-corrected chi connectivity index (χ3v) is 1.65. The zero-order valence-corrected chi connectivity index (χ0v) is 6.65.